The monoisotopic (exact) mass is 333 g/mol. The van der Waals surface area contributed by atoms with Crippen molar-refractivity contribution in [3.8, 4) is 5.69 Å². The van der Waals surface area contributed by atoms with Crippen LogP contribution in [0.15, 0.2) is 30.5 Å². The summed E-state index contributed by atoms with van der Waals surface area (Å²) in [6.07, 6.45) is 3.87. The molecule has 0 fully saturated rings. The molecule has 1 heterocycles. The maximum atomic E-state index is 13.1. The molecule has 132 valence electrons. The molecule has 2 aromatic rings. The SMILES string of the molecule is Cc1c(C(C)NCCCC(C)(C)CO)cnn1-c1ccc(F)cc1. The minimum Gasteiger partial charge on any atom is -0.396 e. The maximum absolute atomic E-state index is 13.1. The molecule has 0 aliphatic carbocycles. The van der Waals surface area contributed by atoms with Crippen molar-refractivity contribution in [2.45, 2.75) is 46.6 Å². The van der Waals surface area contributed by atoms with Crippen LogP contribution in [0, 0.1) is 18.2 Å². The molecule has 0 aliphatic heterocycles. The molecule has 1 atom stereocenters. The van der Waals surface area contributed by atoms with Gasteiger partial charge in [0.05, 0.1) is 11.9 Å². The molecule has 1 aromatic heterocycles. The smallest absolute Gasteiger partial charge is 0.123 e. The third-order valence-electron chi connectivity index (χ3n) is 4.49. The van der Waals surface area contributed by atoms with Gasteiger partial charge in [-0.25, -0.2) is 9.07 Å². The van der Waals surface area contributed by atoms with Gasteiger partial charge in [-0.05, 0) is 62.9 Å². The van der Waals surface area contributed by atoms with E-state index in [2.05, 4.69) is 31.2 Å². The van der Waals surface area contributed by atoms with Gasteiger partial charge < -0.3 is 10.4 Å². The zero-order valence-electron chi connectivity index (χ0n) is 15.0. The molecule has 24 heavy (non-hydrogen) atoms. The van der Waals surface area contributed by atoms with E-state index in [-0.39, 0.29) is 23.9 Å². The van der Waals surface area contributed by atoms with Gasteiger partial charge in [0.1, 0.15) is 5.82 Å². The molecule has 4 nitrogen and oxygen atoms in total. The first-order valence-corrected chi connectivity index (χ1v) is 8.49. The Morgan fingerprint density at radius 1 is 1.29 bits per heavy atom. The standard InChI is InChI=1S/C19H28FN3O/c1-14(21-11-5-10-19(3,4)13-24)18-12-22-23(15(18)2)17-8-6-16(20)7-9-17/h6-9,12,14,21,24H,5,10-11,13H2,1-4H3. The molecule has 0 spiro atoms. The van der Waals surface area contributed by atoms with Gasteiger partial charge in [-0.2, -0.15) is 5.10 Å². The number of hydrogen-bond donors (Lipinski definition) is 2. The lowest BCUT2D eigenvalue weighted by Crippen LogP contribution is -2.23. The number of aromatic nitrogens is 2. The van der Waals surface area contributed by atoms with Gasteiger partial charge in [0.15, 0.2) is 0 Å². The largest absolute Gasteiger partial charge is 0.396 e. The summed E-state index contributed by atoms with van der Waals surface area (Å²) >= 11 is 0. The Morgan fingerprint density at radius 3 is 2.58 bits per heavy atom. The quantitative estimate of drug-likeness (QED) is 0.723. The highest BCUT2D eigenvalue weighted by Gasteiger charge is 2.17. The summed E-state index contributed by atoms with van der Waals surface area (Å²) in [6, 6.07) is 6.54. The van der Waals surface area contributed by atoms with Crippen LogP contribution < -0.4 is 5.32 Å². The summed E-state index contributed by atoms with van der Waals surface area (Å²) in [5.74, 6) is -0.246. The van der Waals surface area contributed by atoms with Crippen molar-refractivity contribution < 1.29 is 9.50 Å². The third kappa shape index (κ3) is 4.65. The summed E-state index contributed by atoms with van der Waals surface area (Å²) in [7, 11) is 0. The topological polar surface area (TPSA) is 50.1 Å². The number of rotatable bonds is 8. The molecule has 0 amide bonds. The highest BCUT2D eigenvalue weighted by Crippen LogP contribution is 2.22. The Labute approximate surface area is 143 Å². The first kappa shape index (κ1) is 18.6. The summed E-state index contributed by atoms with van der Waals surface area (Å²) in [5.41, 5.74) is 3.03. The van der Waals surface area contributed by atoms with Crippen molar-refractivity contribution in [3.63, 3.8) is 0 Å². The van der Waals surface area contributed by atoms with E-state index in [9.17, 15) is 9.50 Å². The van der Waals surface area contributed by atoms with Crippen LogP contribution >= 0.6 is 0 Å². The number of aliphatic hydroxyl groups is 1. The Bertz CT molecular complexity index is 649. The highest BCUT2D eigenvalue weighted by molar-refractivity contribution is 5.35. The van der Waals surface area contributed by atoms with E-state index in [1.165, 1.54) is 12.1 Å². The van der Waals surface area contributed by atoms with Gasteiger partial charge >= 0.3 is 0 Å². The maximum Gasteiger partial charge on any atom is 0.123 e. The lowest BCUT2D eigenvalue weighted by molar-refractivity contribution is 0.147. The second-order valence-electron chi connectivity index (χ2n) is 7.18. The fourth-order valence-electron chi connectivity index (χ4n) is 2.76. The van der Waals surface area contributed by atoms with Crippen LogP contribution in [0.4, 0.5) is 4.39 Å². The predicted octanol–water partition coefficient (Wildman–Crippen LogP) is 3.77. The van der Waals surface area contributed by atoms with E-state index in [0.717, 1.165) is 36.3 Å². The molecule has 0 radical (unpaired) electrons. The lowest BCUT2D eigenvalue weighted by Gasteiger charge is -2.22. The Kier molecular flexibility index (Phi) is 6.13. The van der Waals surface area contributed by atoms with Gasteiger partial charge in [0.25, 0.3) is 0 Å². The molecule has 0 saturated heterocycles. The molecule has 0 saturated carbocycles. The number of nitrogens with one attached hydrogen (secondary N) is 1. The predicted molar refractivity (Wildman–Crippen MR) is 94.8 cm³/mol. The van der Waals surface area contributed by atoms with E-state index in [1.807, 2.05) is 17.8 Å². The molecule has 2 rings (SSSR count). The molecule has 0 aliphatic rings. The Balaban J connectivity index is 1.96. The first-order chi connectivity index (χ1) is 11.3. The summed E-state index contributed by atoms with van der Waals surface area (Å²) < 4.78 is 14.9. The van der Waals surface area contributed by atoms with Crippen molar-refractivity contribution in [2.24, 2.45) is 5.41 Å². The zero-order chi connectivity index (χ0) is 17.7. The number of halogens is 1. The normalized spacial score (nSPS) is 13.2. The van der Waals surface area contributed by atoms with E-state index < -0.39 is 0 Å². The van der Waals surface area contributed by atoms with E-state index in [0.29, 0.717) is 0 Å². The van der Waals surface area contributed by atoms with Gasteiger partial charge in [0, 0.05) is 23.9 Å². The van der Waals surface area contributed by atoms with Crippen molar-refractivity contribution in [2.75, 3.05) is 13.2 Å². The van der Waals surface area contributed by atoms with Crippen LogP contribution in [0.25, 0.3) is 5.69 Å². The summed E-state index contributed by atoms with van der Waals surface area (Å²) in [6.45, 7) is 9.41. The van der Waals surface area contributed by atoms with E-state index in [1.54, 1.807) is 12.1 Å². The van der Waals surface area contributed by atoms with Gasteiger partial charge in [0.2, 0.25) is 0 Å². The van der Waals surface area contributed by atoms with Gasteiger partial charge in [-0.15, -0.1) is 0 Å². The third-order valence-corrected chi connectivity index (χ3v) is 4.49. The highest BCUT2D eigenvalue weighted by atomic mass is 19.1. The Hall–Kier alpha value is -1.72. The summed E-state index contributed by atoms with van der Waals surface area (Å²) in [4.78, 5) is 0. The van der Waals surface area contributed by atoms with E-state index >= 15 is 0 Å². The van der Waals surface area contributed by atoms with Crippen LogP contribution in [0.3, 0.4) is 0 Å². The Morgan fingerprint density at radius 2 is 1.96 bits per heavy atom. The molecule has 1 unspecified atom stereocenters. The first-order valence-electron chi connectivity index (χ1n) is 8.49. The molecular weight excluding hydrogens is 305 g/mol. The average molecular weight is 333 g/mol. The van der Waals surface area contributed by atoms with Crippen LogP contribution in [0.1, 0.15) is 50.9 Å². The fourth-order valence-corrected chi connectivity index (χ4v) is 2.76. The number of hydrogen-bond acceptors (Lipinski definition) is 3. The fraction of sp³-hybridized carbons (Fsp3) is 0.526. The van der Waals surface area contributed by atoms with Crippen molar-refractivity contribution in [3.05, 3.63) is 47.5 Å². The summed E-state index contributed by atoms with van der Waals surface area (Å²) in [5, 5.41) is 17.2. The van der Waals surface area contributed by atoms with Gasteiger partial charge in [-0.3, -0.25) is 0 Å². The molecule has 0 bridgehead atoms. The zero-order valence-corrected chi connectivity index (χ0v) is 15.0. The molecule has 2 N–H and O–H groups in total. The van der Waals surface area contributed by atoms with Crippen LogP contribution in [-0.2, 0) is 0 Å². The van der Waals surface area contributed by atoms with Crippen molar-refractivity contribution in [1.29, 1.82) is 0 Å². The second-order valence-corrected chi connectivity index (χ2v) is 7.18. The second kappa shape index (κ2) is 7.90. The minimum atomic E-state index is -0.246. The van der Waals surface area contributed by atoms with Crippen molar-refractivity contribution in [1.82, 2.24) is 15.1 Å². The van der Waals surface area contributed by atoms with E-state index in [4.69, 9.17) is 0 Å². The van der Waals surface area contributed by atoms with Crippen molar-refractivity contribution >= 4 is 0 Å². The molecule has 1 aromatic carbocycles. The molecular formula is C19H28FN3O. The number of benzene rings is 1. The van der Waals surface area contributed by atoms with Crippen LogP contribution in [-0.4, -0.2) is 28.0 Å². The number of aliphatic hydroxyl groups excluding tert-OH is 1. The van der Waals surface area contributed by atoms with Crippen LogP contribution in [0.5, 0.6) is 0 Å². The van der Waals surface area contributed by atoms with Crippen LogP contribution in [0.2, 0.25) is 0 Å². The minimum absolute atomic E-state index is 0.0195. The van der Waals surface area contributed by atoms with Gasteiger partial charge in [-0.1, -0.05) is 13.8 Å². The average Bonchev–Trinajstić information content (AvgIpc) is 2.94. The molecule has 5 heteroatoms. The lowest BCUT2D eigenvalue weighted by atomic mass is 9.89. The number of nitrogens with zero attached hydrogens (tertiary/aromatic N) is 2.